The first-order valence-corrected chi connectivity index (χ1v) is 4.94. The van der Waals surface area contributed by atoms with Crippen LogP contribution in [0.2, 0.25) is 0 Å². The molecule has 90 valence electrons. The highest BCUT2D eigenvalue weighted by Gasteiger charge is 2.10. The van der Waals surface area contributed by atoms with Crippen LogP contribution < -0.4 is 0 Å². The average Bonchev–Trinajstić information content (AvgIpc) is 2.25. The van der Waals surface area contributed by atoms with Crippen molar-refractivity contribution in [2.24, 2.45) is 0 Å². The molecule has 5 heteroatoms. The van der Waals surface area contributed by atoms with Crippen LogP contribution in [0.25, 0.3) is 0 Å². The van der Waals surface area contributed by atoms with E-state index in [0.29, 0.717) is 0 Å². The van der Waals surface area contributed by atoms with Gasteiger partial charge in [-0.25, -0.2) is 9.59 Å². The molecule has 0 aliphatic rings. The van der Waals surface area contributed by atoms with Crippen molar-refractivity contribution in [2.45, 2.75) is 20.8 Å². The summed E-state index contributed by atoms with van der Waals surface area (Å²) in [5, 5.41) is 9.36. The molecular formula is C11H16O5. The largest absolute Gasteiger partial charge is 0.502 e. The lowest BCUT2D eigenvalue weighted by Crippen LogP contribution is -2.08. The molecule has 0 amide bonds. The van der Waals surface area contributed by atoms with Gasteiger partial charge in [-0.15, -0.1) is 0 Å². The highest BCUT2D eigenvalue weighted by molar-refractivity contribution is 5.88. The maximum Gasteiger partial charge on any atom is 0.373 e. The molecule has 0 aliphatic heterocycles. The van der Waals surface area contributed by atoms with Crippen molar-refractivity contribution in [1.29, 1.82) is 0 Å². The van der Waals surface area contributed by atoms with Crippen LogP contribution in [0, 0.1) is 0 Å². The first-order valence-electron chi connectivity index (χ1n) is 4.94. The van der Waals surface area contributed by atoms with Crippen LogP contribution in [-0.2, 0) is 19.1 Å². The van der Waals surface area contributed by atoms with Crippen molar-refractivity contribution >= 4 is 11.9 Å². The second kappa shape index (κ2) is 7.50. The first kappa shape index (κ1) is 14.2. The molecule has 0 heterocycles. The molecule has 0 radical (unpaired) electrons. The van der Waals surface area contributed by atoms with Crippen molar-refractivity contribution in [2.75, 3.05) is 13.2 Å². The molecule has 0 aromatic carbocycles. The number of rotatable bonds is 5. The minimum absolute atomic E-state index is 0.178. The van der Waals surface area contributed by atoms with Gasteiger partial charge in [-0.05, 0) is 32.4 Å². The summed E-state index contributed by atoms with van der Waals surface area (Å²) < 4.78 is 9.22. The Morgan fingerprint density at radius 3 is 2.19 bits per heavy atom. The average molecular weight is 228 g/mol. The molecule has 0 aromatic heterocycles. The molecule has 0 unspecified atom stereocenters. The van der Waals surface area contributed by atoms with E-state index in [2.05, 4.69) is 9.47 Å². The maximum atomic E-state index is 11.1. The maximum absolute atomic E-state index is 11.1. The second-order valence-corrected chi connectivity index (χ2v) is 2.84. The van der Waals surface area contributed by atoms with E-state index < -0.39 is 17.7 Å². The van der Waals surface area contributed by atoms with Crippen molar-refractivity contribution in [1.82, 2.24) is 0 Å². The normalized spacial score (nSPS) is 12.2. The van der Waals surface area contributed by atoms with Gasteiger partial charge in [0.15, 0.2) is 0 Å². The van der Waals surface area contributed by atoms with Crippen molar-refractivity contribution < 1.29 is 24.2 Å². The molecular weight excluding hydrogens is 212 g/mol. The van der Waals surface area contributed by atoms with Gasteiger partial charge in [0.2, 0.25) is 5.76 Å². The molecule has 1 N–H and O–H groups in total. The summed E-state index contributed by atoms with van der Waals surface area (Å²) in [7, 11) is 0. The van der Waals surface area contributed by atoms with Crippen molar-refractivity contribution in [3.05, 3.63) is 23.5 Å². The van der Waals surface area contributed by atoms with E-state index in [1.54, 1.807) is 13.8 Å². The third kappa shape index (κ3) is 5.19. The van der Waals surface area contributed by atoms with Crippen LogP contribution in [0.3, 0.4) is 0 Å². The zero-order chi connectivity index (χ0) is 12.6. The molecule has 0 aromatic rings. The van der Waals surface area contributed by atoms with E-state index in [-0.39, 0.29) is 18.8 Å². The second-order valence-electron chi connectivity index (χ2n) is 2.84. The van der Waals surface area contributed by atoms with Crippen LogP contribution in [0.5, 0.6) is 0 Å². The van der Waals surface area contributed by atoms with Gasteiger partial charge in [-0.1, -0.05) is 0 Å². The van der Waals surface area contributed by atoms with Gasteiger partial charge in [0, 0.05) is 6.08 Å². The number of hydrogen-bond acceptors (Lipinski definition) is 5. The van der Waals surface area contributed by atoms with Gasteiger partial charge in [0.1, 0.15) is 0 Å². The predicted molar refractivity (Wildman–Crippen MR) is 57.7 cm³/mol. The minimum Gasteiger partial charge on any atom is -0.502 e. The third-order valence-electron chi connectivity index (χ3n) is 1.60. The molecule has 0 fully saturated rings. The first-order chi connectivity index (χ1) is 7.52. The van der Waals surface area contributed by atoms with Gasteiger partial charge in [0.05, 0.1) is 13.2 Å². The number of carbonyl (C=O) groups is 2. The van der Waals surface area contributed by atoms with Crippen molar-refractivity contribution in [3.63, 3.8) is 0 Å². The molecule has 16 heavy (non-hydrogen) atoms. The molecule has 0 spiro atoms. The zero-order valence-electron chi connectivity index (χ0n) is 9.65. The smallest absolute Gasteiger partial charge is 0.373 e. The summed E-state index contributed by atoms with van der Waals surface area (Å²) in [5.41, 5.74) is 0.242. The summed E-state index contributed by atoms with van der Waals surface area (Å²) in [6.07, 6.45) is 2.43. The summed E-state index contributed by atoms with van der Waals surface area (Å²) in [4.78, 5) is 22.0. The van der Waals surface area contributed by atoms with Gasteiger partial charge in [0.25, 0.3) is 0 Å². The summed E-state index contributed by atoms with van der Waals surface area (Å²) in [6.45, 7) is 5.26. The fourth-order valence-corrected chi connectivity index (χ4v) is 0.823. The number of aliphatic hydroxyl groups is 1. The summed E-state index contributed by atoms with van der Waals surface area (Å²) >= 11 is 0. The number of carbonyl (C=O) groups excluding carboxylic acids is 2. The lowest BCUT2D eigenvalue weighted by molar-refractivity contribution is -0.141. The Labute approximate surface area is 94.4 Å². The van der Waals surface area contributed by atoms with Gasteiger partial charge in [-0.2, -0.15) is 0 Å². The Kier molecular flexibility index (Phi) is 6.67. The van der Waals surface area contributed by atoms with Crippen LogP contribution in [0.1, 0.15) is 20.8 Å². The van der Waals surface area contributed by atoms with E-state index in [9.17, 15) is 14.7 Å². The van der Waals surface area contributed by atoms with Crippen LogP contribution >= 0.6 is 0 Å². The minimum atomic E-state index is -0.812. The van der Waals surface area contributed by atoms with Gasteiger partial charge >= 0.3 is 11.9 Å². The molecule has 0 saturated carbocycles. The molecule has 0 bridgehead atoms. The Morgan fingerprint density at radius 1 is 1.12 bits per heavy atom. The standard InChI is InChI=1S/C11H16O5/c1-4-15-9(12)7-6-8(3)10(13)11(14)16-5-2/h6-7,13H,4-5H2,1-3H3/b7-6-,10-8+. The number of aliphatic hydroxyl groups excluding tert-OH is 1. The zero-order valence-corrected chi connectivity index (χ0v) is 9.65. The number of ether oxygens (including phenoxy) is 2. The fourth-order valence-electron chi connectivity index (χ4n) is 0.823. The molecule has 0 saturated heterocycles. The van der Waals surface area contributed by atoms with Crippen LogP contribution in [-0.4, -0.2) is 30.3 Å². The summed E-state index contributed by atoms with van der Waals surface area (Å²) in [6, 6.07) is 0. The van der Waals surface area contributed by atoms with Gasteiger partial charge < -0.3 is 14.6 Å². The molecule has 0 atom stereocenters. The lowest BCUT2D eigenvalue weighted by Gasteiger charge is -2.02. The van der Waals surface area contributed by atoms with Crippen LogP contribution in [0.15, 0.2) is 23.5 Å². The topological polar surface area (TPSA) is 72.8 Å². The number of hydrogen-bond donors (Lipinski definition) is 1. The highest BCUT2D eigenvalue weighted by atomic mass is 16.5. The lowest BCUT2D eigenvalue weighted by atomic mass is 10.2. The van der Waals surface area contributed by atoms with E-state index in [1.807, 2.05) is 0 Å². The fraction of sp³-hybridized carbons (Fsp3) is 0.455. The highest BCUT2D eigenvalue weighted by Crippen LogP contribution is 2.04. The van der Waals surface area contributed by atoms with E-state index in [4.69, 9.17) is 0 Å². The molecule has 5 nitrogen and oxygen atoms in total. The predicted octanol–water partition coefficient (Wildman–Crippen LogP) is 1.50. The molecule has 0 aliphatic carbocycles. The third-order valence-corrected chi connectivity index (χ3v) is 1.60. The molecule has 0 rings (SSSR count). The number of esters is 2. The number of allylic oxidation sites excluding steroid dienone is 2. The summed E-state index contributed by atoms with van der Waals surface area (Å²) in [5.74, 6) is -1.85. The van der Waals surface area contributed by atoms with E-state index >= 15 is 0 Å². The quantitative estimate of drug-likeness (QED) is 0.334. The Morgan fingerprint density at radius 2 is 1.69 bits per heavy atom. The van der Waals surface area contributed by atoms with E-state index in [1.165, 1.54) is 13.0 Å². The van der Waals surface area contributed by atoms with Gasteiger partial charge in [-0.3, -0.25) is 0 Å². The SMILES string of the molecule is CCOC(=O)/C=C\C(C)=C(\O)C(=O)OCC. The Balaban J connectivity index is 4.52. The Bertz CT molecular complexity index is 314. The Hall–Kier alpha value is -1.78. The van der Waals surface area contributed by atoms with E-state index in [0.717, 1.165) is 6.08 Å². The monoisotopic (exact) mass is 228 g/mol. The van der Waals surface area contributed by atoms with Crippen LogP contribution in [0.4, 0.5) is 0 Å². The van der Waals surface area contributed by atoms with Crippen molar-refractivity contribution in [3.8, 4) is 0 Å².